The molecule has 0 radical (unpaired) electrons. The minimum Gasteiger partial charge on any atom is -0.294 e. The highest BCUT2D eigenvalue weighted by atomic mass is 79.9. The summed E-state index contributed by atoms with van der Waals surface area (Å²) in [4.78, 5) is 11.3. The van der Waals surface area contributed by atoms with E-state index in [1.165, 1.54) is 5.56 Å². The second-order valence-corrected chi connectivity index (χ2v) is 4.86. The summed E-state index contributed by atoms with van der Waals surface area (Å²) in [5, 5.41) is 0. The fraction of sp³-hybridized carbons (Fsp3) is 0.143. The van der Waals surface area contributed by atoms with Crippen LogP contribution in [0.2, 0.25) is 0 Å². The summed E-state index contributed by atoms with van der Waals surface area (Å²) in [7, 11) is 0. The Morgan fingerprint density at radius 3 is 2.59 bits per heavy atom. The maximum atomic E-state index is 11.3. The highest BCUT2D eigenvalue weighted by Crippen LogP contribution is 2.10. The topological polar surface area (TPSA) is 20.9 Å². The number of aromatic nitrogens is 1. The van der Waals surface area contributed by atoms with Crippen molar-refractivity contribution in [2.75, 3.05) is 0 Å². The second kappa shape index (κ2) is 5.23. The lowest BCUT2D eigenvalue weighted by atomic mass is 10.2. The molecule has 0 N–H and O–H groups in total. The summed E-state index contributed by atoms with van der Waals surface area (Å²) in [5.41, 5.74) is 1.95. The normalized spacial score (nSPS) is 10.2. The van der Waals surface area contributed by atoms with Crippen molar-refractivity contribution >= 4 is 21.7 Å². The Morgan fingerprint density at radius 1 is 1.24 bits per heavy atom. The SMILES string of the molecule is CC(=O)c1ccc[n+](Cc2ccc(Br)cc2)c1. The molecule has 0 saturated heterocycles. The number of rotatable bonds is 3. The van der Waals surface area contributed by atoms with Crippen LogP contribution < -0.4 is 4.57 Å². The Labute approximate surface area is 109 Å². The number of ketones is 1. The zero-order valence-electron chi connectivity index (χ0n) is 9.56. The number of carbonyl (C=O) groups is 1. The standard InChI is InChI=1S/C14H13BrNO/c1-11(17)13-3-2-8-16(10-13)9-12-4-6-14(15)7-5-12/h2-8,10H,9H2,1H3/q+1. The average Bonchev–Trinajstić information content (AvgIpc) is 2.32. The van der Waals surface area contributed by atoms with Crippen LogP contribution in [0.5, 0.6) is 0 Å². The number of hydrogen-bond donors (Lipinski definition) is 0. The number of nitrogens with zero attached hydrogens (tertiary/aromatic N) is 1. The zero-order valence-corrected chi connectivity index (χ0v) is 11.1. The van der Waals surface area contributed by atoms with E-state index in [0.29, 0.717) is 0 Å². The molecule has 1 aromatic carbocycles. The van der Waals surface area contributed by atoms with Crippen LogP contribution in [-0.2, 0) is 6.54 Å². The molecule has 3 heteroatoms. The predicted octanol–water partition coefficient (Wildman–Crippen LogP) is 2.99. The lowest BCUT2D eigenvalue weighted by Crippen LogP contribution is -2.34. The van der Waals surface area contributed by atoms with Crippen LogP contribution in [0.3, 0.4) is 0 Å². The fourth-order valence-corrected chi connectivity index (χ4v) is 1.89. The van der Waals surface area contributed by atoms with Gasteiger partial charge in [0.25, 0.3) is 0 Å². The van der Waals surface area contributed by atoms with Gasteiger partial charge in [-0.2, -0.15) is 0 Å². The summed E-state index contributed by atoms with van der Waals surface area (Å²) in [5.74, 6) is 0.0927. The molecule has 0 spiro atoms. The van der Waals surface area contributed by atoms with E-state index < -0.39 is 0 Å². The lowest BCUT2D eigenvalue weighted by molar-refractivity contribution is -0.688. The second-order valence-electron chi connectivity index (χ2n) is 3.95. The Morgan fingerprint density at radius 2 is 1.94 bits per heavy atom. The van der Waals surface area contributed by atoms with E-state index in [0.717, 1.165) is 16.6 Å². The van der Waals surface area contributed by atoms with Crippen LogP contribution in [0.1, 0.15) is 22.8 Å². The number of pyridine rings is 1. The van der Waals surface area contributed by atoms with Gasteiger partial charge in [0, 0.05) is 16.1 Å². The zero-order chi connectivity index (χ0) is 12.3. The summed E-state index contributed by atoms with van der Waals surface area (Å²) < 4.78 is 3.09. The van der Waals surface area contributed by atoms with Gasteiger partial charge in [-0.25, -0.2) is 4.57 Å². The van der Waals surface area contributed by atoms with Crippen LogP contribution in [-0.4, -0.2) is 5.78 Å². The molecule has 0 aliphatic carbocycles. The van der Waals surface area contributed by atoms with Crippen molar-refractivity contribution in [2.24, 2.45) is 0 Å². The van der Waals surface area contributed by atoms with Crippen LogP contribution in [0, 0.1) is 0 Å². The molecule has 86 valence electrons. The molecule has 17 heavy (non-hydrogen) atoms. The van der Waals surface area contributed by atoms with E-state index in [2.05, 4.69) is 28.1 Å². The van der Waals surface area contributed by atoms with Gasteiger partial charge in [0.2, 0.25) is 0 Å². The van der Waals surface area contributed by atoms with E-state index in [4.69, 9.17) is 0 Å². The van der Waals surface area contributed by atoms with E-state index >= 15 is 0 Å². The van der Waals surface area contributed by atoms with Crippen molar-refractivity contribution in [3.05, 3.63) is 64.4 Å². The minimum absolute atomic E-state index is 0.0927. The third-order valence-corrected chi connectivity index (χ3v) is 3.07. The van der Waals surface area contributed by atoms with Gasteiger partial charge in [0.1, 0.15) is 0 Å². The quantitative estimate of drug-likeness (QED) is 0.629. The Kier molecular flexibility index (Phi) is 3.69. The number of benzene rings is 1. The molecule has 0 atom stereocenters. The fourth-order valence-electron chi connectivity index (χ4n) is 1.63. The predicted molar refractivity (Wildman–Crippen MR) is 69.9 cm³/mol. The molecule has 0 saturated carbocycles. The van der Waals surface area contributed by atoms with E-state index in [1.807, 2.05) is 41.2 Å². The molecule has 0 fully saturated rings. The van der Waals surface area contributed by atoms with Gasteiger partial charge in [-0.3, -0.25) is 4.79 Å². The van der Waals surface area contributed by atoms with Crippen molar-refractivity contribution in [2.45, 2.75) is 13.5 Å². The Hall–Kier alpha value is -1.48. The molecular weight excluding hydrogens is 278 g/mol. The van der Waals surface area contributed by atoms with Gasteiger partial charge in [-0.1, -0.05) is 28.1 Å². The van der Waals surface area contributed by atoms with Gasteiger partial charge in [0.15, 0.2) is 24.7 Å². The van der Waals surface area contributed by atoms with Crippen molar-refractivity contribution in [1.82, 2.24) is 0 Å². The third-order valence-electron chi connectivity index (χ3n) is 2.54. The monoisotopic (exact) mass is 290 g/mol. The van der Waals surface area contributed by atoms with Crippen LogP contribution in [0.4, 0.5) is 0 Å². The number of halogens is 1. The first kappa shape index (κ1) is 12.0. The van der Waals surface area contributed by atoms with Crippen molar-refractivity contribution < 1.29 is 9.36 Å². The third kappa shape index (κ3) is 3.24. The Balaban J connectivity index is 2.21. The number of Topliss-reactive ketones (excluding diaryl/α,β-unsaturated/α-hetero) is 1. The van der Waals surface area contributed by atoms with Gasteiger partial charge in [0.05, 0.1) is 5.56 Å². The van der Waals surface area contributed by atoms with E-state index in [1.54, 1.807) is 6.92 Å². The summed E-state index contributed by atoms with van der Waals surface area (Å²) in [6.45, 7) is 2.35. The van der Waals surface area contributed by atoms with Gasteiger partial charge >= 0.3 is 0 Å². The molecule has 0 aliphatic heterocycles. The van der Waals surface area contributed by atoms with Crippen molar-refractivity contribution in [3.63, 3.8) is 0 Å². The minimum atomic E-state index is 0.0927. The van der Waals surface area contributed by atoms with Gasteiger partial charge < -0.3 is 0 Å². The maximum Gasteiger partial charge on any atom is 0.179 e. The summed E-state index contributed by atoms with van der Waals surface area (Å²) in [6.07, 6.45) is 3.85. The molecule has 1 aromatic heterocycles. The number of carbonyl (C=O) groups excluding carboxylic acids is 1. The first-order valence-electron chi connectivity index (χ1n) is 5.39. The van der Waals surface area contributed by atoms with E-state index in [-0.39, 0.29) is 5.78 Å². The lowest BCUT2D eigenvalue weighted by Gasteiger charge is -1.99. The molecule has 0 aliphatic rings. The molecule has 2 rings (SSSR count). The van der Waals surface area contributed by atoms with Crippen molar-refractivity contribution in [3.8, 4) is 0 Å². The molecule has 0 bridgehead atoms. The number of hydrogen-bond acceptors (Lipinski definition) is 1. The first-order chi connectivity index (χ1) is 8.15. The van der Waals surface area contributed by atoms with Crippen LogP contribution in [0.15, 0.2) is 53.3 Å². The largest absolute Gasteiger partial charge is 0.294 e. The molecule has 2 nitrogen and oxygen atoms in total. The van der Waals surface area contributed by atoms with Crippen molar-refractivity contribution in [1.29, 1.82) is 0 Å². The summed E-state index contributed by atoms with van der Waals surface area (Å²) >= 11 is 3.41. The average molecular weight is 291 g/mol. The van der Waals surface area contributed by atoms with Gasteiger partial charge in [-0.05, 0) is 25.1 Å². The molecule has 2 aromatic rings. The van der Waals surface area contributed by atoms with Crippen LogP contribution in [0.25, 0.3) is 0 Å². The molecular formula is C14H13BrNO+. The molecule has 0 unspecified atom stereocenters. The highest BCUT2D eigenvalue weighted by molar-refractivity contribution is 9.10. The molecule has 0 amide bonds. The molecule has 1 heterocycles. The maximum absolute atomic E-state index is 11.3. The van der Waals surface area contributed by atoms with Crippen LogP contribution >= 0.6 is 15.9 Å². The highest BCUT2D eigenvalue weighted by Gasteiger charge is 2.07. The van der Waals surface area contributed by atoms with E-state index in [9.17, 15) is 4.79 Å². The summed E-state index contributed by atoms with van der Waals surface area (Å²) in [6, 6.07) is 11.9. The smallest absolute Gasteiger partial charge is 0.179 e. The Bertz CT molecular complexity index is 534. The van der Waals surface area contributed by atoms with Gasteiger partial charge in [-0.15, -0.1) is 0 Å². The first-order valence-corrected chi connectivity index (χ1v) is 6.19.